The molecule has 3 N–H and O–H groups in total. The van der Waals surface area contributed by atoms with Crippen LogP contribution in [0, 0.1) is 0 Å². The molecule has 1 aliphatic rings. The van der Waals surface area contributed by atoms with Crippen molar-refractivity contribution in [3.8, 4) is 11.5 Å². The molecule has 4 aromatic rings. The summed E-state index contributed by atoms with van der Waals surface area (Å²) in [5, 5.41) is 22.2. The van der Waals surface area contributed by atoms with Crippen LogP contribution in [-0.2, 0) is 15.1 Å². The first-order valence-electron chi connectivity index (χ1n) is 15.4. The van der Waals surface area contributed by atoms with Crippen LogP contribution in [0.5, 0.6) is 11.5 Å². The minimum Gasteiger partial charge on any atom is -0.497 e. The van der Waals surface area contributed by atoms with Gasteiger partial charge in [-0.3, -0.25) is 9.36 Å². The Morgan fingerprint density at radius 3 is 1.96 bits per heavy atom. The lowest BCUT2D eigenvalue weighted by Crippen LogP contribution is -2.47. The number of methoxy groups -OCH3 is 2. The topological polar surface area (TPSA) is 133 Å². The van der Waals surface area contributed by atoms with Gasteiger partial charge in [-0.2, -0.15) is 4.68 Å². The van der Waals surface area contributed by atoms with Gasteiger partial charge in [-0.05, 0) is 47.4 Å². The van der Waals surface area contributed by atoms with Crippen LogP contribution in [0.2, 0.25) is 0 Å². The highest BCUT2D eigenvalue weighted by Gasteiger charge is 2.47. The van der Waals surface area contributed by atoms with Crippen LogP contribution in [0.25, 0.3) is 0 Å². The first kappa shape index (κ1) is 33.0. The Kier molecular flexibility index (Phi) is 10.6. The van der Waals surface area contributed by atoms with E-state index in [1.54, 1.807) is 14.2 Å². The van der Waals surface area contributed by atoms with Crippen molar-refractivity contribution >= 4 is 0 Å². The summed E-state index contributed by atoms with van der Waals surface area (Å²) in [5.74, 6) is 1.35. The number of aliphatic hydroxyl groups is 2. The predicted octanol–water partition coefficient (Wildman–Crippen LogP) is 3.39. The summed E-state index contributed by atoms with van der Waals surface area (Å²) in [6.45, 7) is 2.33. The Morgan fingerprint density at radius 1 is 0.804 bits per heavy atom. The van der Waals surface area contributed by atoms with Crippen LogP contribution in [0.15, 0.2) is 101 Å². The number of aliphatic hydroxyl groups excluding tert-OH is 2. The van der Waals surface area contributed by atoms with E-state index in [4.69, 9.17) is 18.9 Å². The molecule has 3 aromatic carbocycles. The fourth-order valence-corrected chi connectivity index (χ4v) is 5.78. The van der Waals surface area contributed by atoms with E-state index in [0.717, 1.165) is 45.2 Å². The molecular weight excluding hydrogens is 590 g/mol. The van der Waals surface area contributed by atoms with Crippen molar-refractivity contribution in [2.75, 3.05) is 32.8 Å². The van der Waals surface area contributed by atoms with Gasteiger partial charge in [0.15, 0.2) is 6.23 Å². The molecule has 2 heterocycles. The maximum Gasteiger partial charge on any atom is 0.352 e. The first-order chi connectivity index (χ1) is 22.3. The number of rotatable bonds is 14. The Labute approximate surface area is 267 Å². The number of nitrogens with one attached hydrogen (secondary N) is 1. The summed E-state index contributed by atoms with van der Waals surface area (Å²) >= 11 is 0. The summed E-state index contributed by atoms with van der Waals surface area (Å²) in [5.41, 5.74) is 2.82. The maximum atomic E-state index is 13.3. The van der Waals surface area contributed by atoms with Crippen LogP contribution in [-0.4, -0.2) is 65.1 Å². The van der Waals surface area contributed by atoms with Crippen LogP contribution in [0.1, 0.15) is 49.1 Å². The molecule has 0 amide bonds. The molecule has 0 saturated carbocycles. The predicted molar refractivity (Wildman–Crippen MR) is 173 cm³/mol. The zero-order chi connectivity index (χ0) is 32.7. The lowest BCUT2D eigenvalue weighted by atomic mass is 9.80. The van der Waals surface area contributed by atoms with Crippen LogP contribution in [0.3, 0.4) is 0 Å². The highest BCUT2D eigenvalue weighted by Crippen LogP contribution is 2.42. The molecule has 0 spiro atoms. The number of hydrogen-bond donors (Lipinski definition) is 3. The van der Waals surface area contributed by atoms with Gasteiger partial charge in [0, 0.05) is 18.8 Å². The van der Waals surface area contributed by atoms with Gasteiger partial charge >= 0.3 is 5.69 Å². The highest BCUT2D eigenvalue weighted by atomic mass is 16.6. The van der Waals surface area contributed by atoms with E-state index in [0.29, 0.717) is 18.0 Å². The largest absolute Gasteiger partial charge is 0.497 e. The van der Waals surface area contributed by atoms with Crippen LogP contribution >= 0.6 is 0 Å². The fraction of sp³-hybridized carbons (Fsp3) is 0.371. The van der Waals surface area contributed by atoms with E-state index in [-0.39, 0.29) is 6.61 Å². The summed E-state index contributed by atoms with van der Waals surface area (Å²) in [6, 6.07) is 25.9. The second kappa shape index (κ2) is 14.8. The summed E-state index contributed by atoms with van der Waals surface area (Å²) < 4.78 is 25.8. The third-order valence-electron chi connectivity index (χ3n) is 8.31. The minimum atomic E-state index is -1.47. The van der Waals surface area contributed by atoms with E-state index in [1.165, 1.54) is 12.3 Å². The van der Waals surface area contributed by atoms with Gasteiger partial charge in [0.25, 0.3) is 5.56 Å². The van der Waals surface area contributed by atoms with E-state index >= 15 is 0 Å². The highest BCUT2D eigenvalue weighted by molar-refractivity contribution is 5.49. The number of nitrogens with zero attached hydrogens (tertiary/aromatic N) is 2. The summed E-state index contributed by atoms with van der Waals surface area (Å²) in [6.07, 6.45) is -1.16. The van der Waals surface area contributed by atoms with Crippen molar-refractivity contribution in [1.29, 1.82) is 0 Å². The van der Waals surface area contributed by atoms with Crippen LogP contribution in [0.4, 0.5) is 0 Å². The molecule has 4 atom stereocenters. The van der Waals surface area contributed by atoms with Gasteiger partial charge in [-0.15, -0.1) is 0 Å². The van der Waals surface area contributed by atoms with E-state index in [2.05, 4.69) is 12.3 Å². The quantitative estimate of drug-likeness (QED) is 0.142. The molecule has 1 saturated heterocycles. The SMILES string of the molecule is CCCCCNn1c(=O)ccn([C@H]2O[C@@H](COC(c3ccccc3)(c3ccc(OC)cc3)c3ccc(OC)cc3)C(O)C2O)c1=O. The van der Waals surface area contributed by atoms with Gasteiger partial charge in [0.1, 0.15) is 35.4 Å². The van der Waals surface area contributed by atoms with Gasteiger partial charge in [0.2, 0.25) is 0 Å². The number of aromatic nitrogens is 2. The fourth-order valence-electron chi connectivity index (χ4n) is 5.78. The third kappa shape index (κ3) is 6.59. The van der Waals surface area contributed by atoms with E-state index in [1.807, 2.05) is 78.9 Å². The number of hydrogen-bond acceptors (Lipinski definition) is 9. The molecule has 11 nitrogen and oxygen atoms in total. The monoisotopic (exact) mass is 631 g/mol. The van der Waals surface area contributed by atoms with Crippen molar-refractivity contribution in [2.24, 2.45) is 0 Å². The molecule has 244 valence electrons. The number of benzene rings is 3. The molecule has 1 fully saturated rings. The Bertz CT molecular complexity index is 1620. The Morgan fingerprint density at radius 2 is 1.39 bits per heavy atom. The second-order valence-electron chi connectivity index (χ2n) is 11.2. The van der Waals surface area contributed by atoms with Crippen molar-refractivity contribution in [3.63, 3.8) is 0 Å². The molecule has 2 unspecified atom stereocenters. The minimum absolute atomic E-state index is 0.161. The Balaban J connectivity index is 1.49. The second-order valence-corrected chi connectivity index (χ2v) is 11.2. The van der Waals surface area contributed by atoms with Crippen molar-refractivity contribution in [2.45, 2.75) is 56.3 Å². The van der Waals surface area contributed by atoms with Gasteiger partial charge in [-0.25, -0.2) is 4.79 Å². The maximum absolute atomic E-state index is 13.3. The number of unbranched alkanes of at least 4 members (excludes halogenated alkanes) is 2. The molecule has 11 heteroatoms. The normalized spacial score (nSPS) is 19.6. The molecule has 0 radical (unpaired) electrons. The third-order valence-corrected chi connectivity index (χ3v) is 8.31. The summed E-state index contributed by atoms with van der Waals surface area (Å²) in [7, 11) is 3.19. The molecular formula is C35H41N3O8. The lowest BCUT2D eigenvalue weighted by Gasteiger charge is -2.37. The van der Waals surface area contributed by atoms with Crippen molar-refractivity contribution in [1.82, 2.24) is 9.24 Å². The zero-order valence-corrected chi connectivity index (χ0v) is 26.2. The average molecular weight is 632 g/mol. The van der Waals surface area contributed by atoms with Gasteiger partial charge in [-0.1, -0.05) is 74.4 Å². The Hall–Kier alpha value is -4.42. The molecule has 5 rings (SSSR count). The first-order valence-corrected chi connectivity index (χ1v) is 15.4. The molecule has 46 heavy (non-hydrogen) atoms. The van der Waals surface area contributed by atoms with Crippen molar-refractivity contribution < 1.29 is 29.2 Å². The van der Waals surface area contributed by atoms with Crippen LogP contribution < -0.4 is 26.1 Å². The smallest absolute Gasteiger partial charge is 0.352 e. The van der Waals surface area contributed by atoms with Gasteiger partial charge in [0.05, 0.1) is 20.8 Å². The average Bonchev–Trinajstić information content (AvgIpc) is 3.37. The molecule has 1 aromatic heterocycles. The zero-order valence-electron chi connectivity index (χ0n) is 26.2. The molecule has 0 aliphatic carbocycles. The van der Waals surface area contributed by atoms with E-state index in [9.17, 15) is 19.8 Å². The molecule has 0 bridgehead atoms. The van der Waals surface area contributed by atoms with Crippen molar-refractivity contribution in [3.05, 3.63) is 129 Å². The van der Waals surface area contributed by atoms with E-state index < -0.39 is 41.4 Å². The van der Waals surface area contributed by atoms with Gasteiger partial charge < -0.3 is 34.6 Å². The lowest BCUT2D eigenvalue weighted by molar-refractivity contribution is -0.0960. The standard InChI is InChI=1S/C35H41N3O8/c1-4-5-9-21-36-38-30(39)20-22-37(34(38)42)33-32(41)31(40)29(46-33)23-45-35(24-10-7-6-8-11-24,25-12-16-27(43-2)17-13-25)26-14-18-28(44-3)19-15-26/h6-8,10-20,22,29,31-33,36,40-41H,4-5,9,21,23H2,1-3H3/t29-,31?,32?,33-/m0/s1. The number of ether oxygens (including phenoxy) is 4. The molecule has 1 aliphatic heterocycles. The summed E-state index contributed by atoms with van der Waals surface area (Å²) in [4.78, 5) is 25.8.